The van der Waals surface area contributed by atoms with Crippen LogP contribution in [0.5, 0.6) is 17.2 Å². The van der Waals surface area contributed by atoms with Gasteiger partial charge in [-0.1, -0.05) is 22.8 Å². The van der Waals surface area contributed by atoms with Crippen LogP contribution >= 0.6 is 11.6 Å². The highest BCUT2D eigenvalue weighted by molar-refractivity contribution is 6.30. The zero-order valence-corrected chi connectivity index (χ0v) is 18.5. The third kappa shape index (κ3) is 4.54. The summed E-state index contributed by atoms with van der Waals surface area (Å²) < 4.78 is 16.5. The molecule has 1 atom stereocenters. The van der Waals surface area contributed by atoms with Crippen molar-refractivity contribution in [1.82, 2.24) is 10.1 Å². The first kappa shape index (κ1) is 21.0. The van der Waals surface area contributed by atoms with Gasteiger partial charge in [-0.3, -0.25) is 4.79 Å². The van der Waals surface area contributed by atoms with E-state index in [2.05, 4.69) is 10.1 Å². The van der Waals surface area contributed by atoms with Gasteiger partial charge in [-0.25, -0.2) is 0 Å². The van der Waals surface area contributed by atoms with E-state index in [4.69, 9.17) is 25.6 Å². The van der Waals surface area contributed by atoms with E-state index < -0.39 is 0 Å². The fourth-order valence-electron chi connectivity index (χ4n) is 3.74. The maximum atomic E-state index is 12.5. The zero-order chi connectivity index (χ0) is 22.8. The molecule has 1 aliphatic rings. The van der Waals surface area contributed by atoms with Gasteiger partial charge in [0.15, 0.2) is 0 Å². The Hall–Kier alpha value is -3.84. The van der Waals surface area contributed by atoms with E-state index in [1.807, 2.05) is 60.7 Å². The predicted molar refractivity (Wildman–Crippen MR) is 124 cm³/mol. The molecule has 0 N–H and O–H groups in total. The van der Waals surface area contributed by atoms with E-state index in [1.165, 1.54) is 0 Å². The molecule has 2 heterocycles. The molecule has 166 valence electrons. The second kappa shape index (κ2) is 8.96. The molecule has 7 nitrogen and oxygen atoms in total. The quantitative estimate of drug-likeness (QED) is 0.366. The van der Waals surface area contributed by atoms with Gasteiger partial charge in [0.25, 0.3) is 0 Å². The smallest absolute Gasteiger partial charge is 0.232 e. The minimum Gasteiger partial charge on any atom is -0.497 e. The maximum Gasteiger partial charge on any atom is 0.232 e. The van der Waals surface area contributed by atoms with Gasteiger partial charge in [0.2, 0.25) is 17.6 Å². The molecule has 1 unspecified atom stereocenters. The van der Waals surface area contributed by atoms with Crippen LogP contribution < -0.4 is 14.4 Å². The number of halogens is 1. The minimum atomic E-state index is -0.171. The number of carbonyl (C=O) groups excluding carboxylic acids is 1. The Morgan fingerprint density at radius 3 is 2.39 bits per heavy atom. The summed E-state index contributed by atoms with van der Waals surface area (Å²) in [6, 6.07) is 22.0. The Bertz CT molecular complexity index is 1270. The number of benzene rings is 3. The number of aromatic nitrogens is 2. The van der Waals surface area contributed by atoms with Crippen LogP contribution in [-0.4, -0.2) is 29.7 Å². The fourth-order valence-corrected chi connectivity index (χ4v) is 3.92. The lowest BCUT2D eigenvalue weighted by atomic mass is 10.1. The second-order valence-corrected chi connectivity index (χ2v) is 8.08. The number of amides is 1. The van der Waals surface area contributed by atoms with E-state index in [9.17, 15) is 4.79 Å². The number of methoxy groups -OCH3 is 1. The molecule has 1 fully saturated rings. The van der Waals surface area contributed by atoms with Crippen LogP contribution in [0.1, 0.15) is 18.2 Å². The van der Waals surface area contributed by atoms with Crippen LogP contribution in [-0.2, 0) is 4.79 Å². The van der Waals surface area contributed by atoms with Crippen LogP contribution in [0.25, 0.3) is 11.4 Å². The predicted octanol–water partition coefficient (Wildman–Crippen LogP) is 5.71. The Labute approximate surface area is 195 Å². The van der Waals surface area contributed by atoms with Crippen molar-refractivity contribution in [2.75, 3.05) is 18.6 Å². The number of nitrogens with zero attached hydrogens (tertiary/aromatic N) is 3. The monoisotopic (exact) mass is 461 g/mol. The van der Waals surface area contributed by atoms with Crippen molar-refractivity contribution in [2.45, 2.75) is 12.3 Å². The summed E-state index contributed by atoms with van der Waals surface area (Å²) in [5.74, 6) is 2.91. The number of anilines is 1. The van der Waals surface area contributed by atoms with Crippen molar-refractivity contribution in [2.24, 2.45) is 0 Å². The summed E-state index contributed by atoms with van der Waals surface area (Å²) in [7, 11) is 1.62. The number of hydrogen-bond donors (Lipinski definition) is 0. The summed E-state index contributed by atoms with van der Waals surface area (Å²) in [5, 5.41) is 4.70. The molecule has 8 heteroatoms. The Morgan fingerprint density at radius 2 is 1.70 bits per heavy atom. The molecular weight excluding hydrogens is 442 g/mol. The Kier molecular flexibility index (Phi) is 5.71. The molecule has 0 bridgehead atoms. The van der Waals surface area contributed by atoms with E-state index in [1.54, 1.807) is 24.1 Å². The molecule has 3 aromatic carbocycles. The van der Waals surface area contributed by atoms with Gasteiger partial charge in [0.05, 0.1) is 13.0 Å². The van der Waals surface area contributed by atoms with Crippen LogP contribution in [0.4, 0.5) is 5.69 Å². The molecule has 0 spiro atoms. The maximum absolute atomic E-state index is 12.5. The average Bonchev–Trinajstić information content (AvgIpc) is 3.47. The van der Waals surface area contributed by atoms with Gasteiger partial charge in [0, 0.05) is 29.2 Å². The fraction of sp³-hybridized carbons (Fsp3) is 0.160. The molecule has 1 saturated heterocycles. The molecule has 33 heavy (non-hydrogen) atoms. The molecule has 5 rings (SSSR count). The topological polar surface area (TPSA) is 77.7 Å². The number of rotatable bonds is 6. The molecule has 0 radical (unpaired) electrons. The highest BCUT2D eigenvalue weighted by Crippen LogP contribution is 2.33. The normalized spacial score (nSPS) is 15.6. The molecular formula is C25H20ClN3O4. The first-order valence-electron chi connectivity index (χ1n) is 10.4. The number of hydrogen-bond acceptors (Lipinski definition) is 6. The molecule has 1 amide bonds. The van der Waals surface area contributed by atoms with Gasteiger partial charge < -0.3 is 18.9 Å². The van der Waals surface area contributed by atoms with Crippen LogP contribution in [0.3, 0.4) is 0 Å². The first-order valence-corrected chi connectivity index (χ1v) is 10.8. The lowest BCUT2D eigenvalue weighted by molar-refractivity contribution is -0.117. The molecule has 0 aliphatic carbocycles. The van der Waals surface area contributed by atoms with Gasteiger partial charge in [-0.2, -0.15) is 4.98 Å². The van der Waals surface area contributed by atoms with Gasteiger partial charge in [-0.05, 0) is 66.7 Å². The van der Waals surface area contributed by atoms with Crippen molar-refractivity contribution in [1.29, 1.82) is 0 Å². The van der Waals surface area contributed by atoms with Gasteiger partial charge in [-0.15, -0.1) is 0 Å². The second-order valence-electron chi connectivity index (χ2n) is 7.64. The zero-order valence-electron chi connectivity index (χ0n) is 17.8. The summed E-state index contributed by atoms with van der Waals surface area (Å²) in [5.41, 5.74) is 1.56. The number of carbonyl (C=O) groups is 1. The van der Waals surface area contributed by atoms with Gasteiger partial charge >= 0.3 is 0 Å². The van der Waals surface area contributed by atoms with E-state index in [0.29, 0.717) is 41.2 Å². The summed E-state index contributed by atoms with van der Waals surface area (Å²) >= 11 is 6.07. The first-order chi connectivity index (χ1) is 16.1. The van der Waals surface area contributed by atoms with E-state index >= 15 is 0 Å². The summed E-state index contributed by atoms with van der Waals surface area (Å²) in [6.07, 6.45) is 0.308. The Morgan fingerprint density at radius 1 is 1.00 bits per heavy atom. The van der Waals surface area contributed by atoms with Crippen LogP contribution in [0.15, 0.2) is 77.3 Å². The lowest BCUT2D eigenvalue weighted by Gasteiger charge is -2.16. The average molecular weight is 462 g/mol. The van der Waals surface area contributed by atoms with Gasteiger partial charge in [0.1, 0.15) is 17.2 Å². The molecule has 1 aromatic heterocycles. The van der Waals surface area contributed by atoms with Crippen molar-refractivity contribution in [3.8, 4) is 28.6 Å². The largest absolute Gasteiger partial charge is 0.497 e. The van der Waals surface area contributed by atoms with Crippen molar-refractivity contribution >= 4 is 23.2 Å². The highest BCUT2D eigenvalue weighted by atomic mass is 35.5. The number of ether oxygens (including phenoxy) is 2. The lowest BCUT2D eigenvalue weighted by Crippen LogP contribution is -2.24. The SMILES string of the molecule is COc1ccc(Oc2ccc(-c3noc(C4CC(=O)N(c5cccc(Cl)c5)C4)n3)cc2)cc1. The van der Waals surface area contributed by atoms with Crippen molar-refractivity contribution in [3.05, 3.63) is 83.7 Å². The Balaban J connectivity index is 1.27. The standard InChI is InChI=1S/C25H20ClN3O4/c1-31-20-9-11-22(12-10-20)32-21-7-5-16(6-8-21)24-27-25(33-28-24)17-13-23(30)29(15-17)19-4-2-3-18(26)14-19/h2-12,14,17H,13,15H2,1H3. The highest BCUT2D eigenvalue weighted by Gasteiger charge is 2.35. The van der Waals surface area contributed by atoms with E-state index in [0.717, 1.165) is 17.0 Å². The molecule has 0 saturated carbocycles. The third-order valence-corrected chi connectivity index (χ3v) is 5.68. The van der Waals surface area contributed by atoms with Crippen molar-refractivity contribution < 1.29 is 18.8 Å². The van der Waals surface area contributed by atoms with Crippen LogP contribution in [0, 0.1) is 0 Å². The van der Waals surface area contributed by atoms with Crippen molar-refractivity contribution in [3.63, 3.8) is 0 Å². The van der Waals surface area contributed by atoms with Crippen LogP contribution in [0.2, 0.25) is 5.02 Å². The van der Waals surface area contributed by atoms with E-state index in [-0.39, 0.29) is 11.8 Å². The molecule has 1 aliphatic heterocycles. The minimum absolute atomic E-state index is 0.00190. The third-order valence-electron chi connectivity index (χ3n) is 5.44. The summed E-state index contributed by atoms with van der Waals surface area (Å²) in [4.78, 5) is 18.8. The summed E-state index contributed by atoms with van der Waals surface area (Å²) in [6.45, 7) is 0.468. The molecule has 4 aromatic rings.